The van der Waals surface area contributed by atoms with Crippen LogP contribution in [0.2, 0.25) is 5.02 Å². The number of rotatable bonds is 6. The average molecular weight is 406 g/mol. The number of nitrogens with zero attached hydrogens (tertiary/aromatic N) is 2. The van der Waals surface area contributed by atoms with E-state index in [4.69, 9.17) is 26.6 Å². The number of primary amides is 1. The Balaban J connectivity index is 1.72. The van der Waals surface area contributed by atoms with E-state index < -0.39 is 5.91 Å². The third kappa shape index (κ3) is 4.84. The summed E-state index contributed by atoms with van der Waals surface area (Å²) in [6, 6.07) is 8.77. The molecule has 2 heterocycles. The van der Waals surface area contributed by atoms with E-state index in [1.54, 1.807) is 29.2 Å². The molecular weight excluding hydrogens is 382 g/mol. The first-order valence-electron chi connectivity index (χ1n) is 9.30. The fraction of sp³-hybridized carbons (Fsp3) is 0.450. The predicted octanol–water partition coefficient (Wildman–Crippen LogP) is 3.24. The van der Waals surface area contributed by atoms with Gasteiger partial charge in [-0.3, -0.25) is 9.59 Å². The second-order valence-electron chi connectivity index (χ2n) is 7.35. The fourth-order valence-electron chi connectivity index (χ4n) is 3.34. The molecule has 1 saturated heterocycles. The molecule has 0 aliphatic carbocycles. The largest absolute Gasteiger partial charge is 0.490 e. The molecule has 2 atom stereocenters. The minimum atomic E-state index is -0.430. The lowest BCUT2D eigenvalue weighted by Gasteiger charge is -2.37. The van der Waals surface area contributed by atoms with Gasteiger partial charge in [0.2, 0.25) is 11.7 Å². The molecule has 0 bridgehead atoms. The van der Waals surface area contributed by atoms with Gasteiger partial charge in [0, 0.05) is 42.9 Å². The number of benzene rings is 1. The quantitative estimate of drug-likeness (QED) is 0.795. The number of hydrogen-bond donors (Lipinski definition) is 1. The number of carbonyl (C=O) groups excluding carboxylic acids is 2. The van der Waals surface area contributed by atoms with Crippen molar-refractivity contribution in [3.63, 3.8) is 0 Å². The Labute approximate surface area is 168 Å². The summed E-state index contributed by atoms with van der Waals surface area (Å²) in [5, 5.41) is 4.52. The highest BCUT2D eigenvalue weighted by Crippen LogP contribution is 2.28. The maximum absolute atomic E-state index is 12.8. The Morgan fingerprint density at radius 1 is 1.39 bits per heavy atom. The Hall–Kier alpha value is -2.54. The van der Waals surface area contributed by atoms with Gasteiger partial charge in [-0.2, -0.15) is 0 Å². The van der Waals surface area contributed by atoms with E-state index in [2.05, 4.69) is 5.16 Å². The number of piperidine rings is 1. The van der Waals surface area contributed by atoms with Crippen LogP contribution in [0.25, 0.3) is 0 Å². The highest BCUT2D eigenvalue weighted by molar-refractivity contribution is 6.30. The smallest absolute Gasteiger partial charge is 0.292 e. The summed E-state index contributed by atoms with van der Waals surface area (Å²) < 4.78 is 11.3. The van der Waals surface area contributed by atoms with Crippen molar-refractivity contribution in [3.05, 3.63) is 46.8 Å². The van der Waals surface area contributed by atoms with Gasteiger partial charge in [-0.25, -0.2) is 0 Å². The van der Waals surface area contributed by atoms with Crippen LogP contribution in [0.3, 0.4) is 0 Å². The zero-order valence-electron chi connectivity index (χ0n) is 15.9. The van der Waals surface area contributed by atoms with Gasteiger partial charge >= 0.3 is 0 Å². The van der Waals surface area contributed by atoms with Crippen LogP contribution in [0, 0.1) is 5.92 Å². The van der Waals surface area contributed by atoms with E-state index in [9.17, 15) is 9.59 Å². The van der Waals surface area contributed by atoms with Gasteiger partial charge in [0.1, 0.15) is 11.9 Å². The monoisotopic (exact) mass is 405 g/mol. The summed E-state index contributed by atoms with van der Waals surface area (Å²) in [6.07, 6.45) is 0.459. The maximum atomic E-state index is 12.8. The lowest BCUT2D eigenvalue weighted by atomic mass is 9.91. The molecule has 1 fully saturated rings. The number of carbonyl (C=O) groups is 2. The molecule has 2 aromatic rings. The van der Waals surface area contributed by atoms with E-state index in [0.29, 0.717) is 30.3 Å². The Bertz CT molecular complexity index is 851. The molecule has 150 valence electrons. The zero-order chi connectivity index (χ0) is 20.3. The van der Waals surface area contributed by atoms with Gasteiger partial charge in [0.15, 0.2) is 0 Å². The second kappa shape index (κ2) is 8.65. The van der Waals surface area contributed by atoms with Crippen LogP contribution in [0.4, 0.5) is 0 Å². The second-order valence-corrected chi connectivity index (χ2v) is 7.79. The SMILES string of the molecule is CC(C)c1cc(C(=O)N2CC[C@H](Oc3cccc(Cl)c3)[C@@H](CC(N)=O)C2)on1. The van der Waals surface area contributed by atoms with E-state index >= 15 is 0 Å². The molecular formula is C20H24ClN3O4. The first-order chi connectivity index (χ1) is 13.3. The number of ether oxygens (including phenoxy) is 1. The van der Waals surface area contributed by atoms with Gasteiger partial charge in [-0.15, -0.1) is 0 Å². The third-order valence-electron chi connectivity index (χ3n) is 4.83. The highest BCUT2D eigenvalue weighted by Gasteiger charge is 2.35. The van der Waals surface area contributed by atoms with Crippen LogP contribution in [0.15, 0.2) is 34.9 Å². The van der Waals surface area contributed by atoms with E-state index in [0.717, 1.165) is 5.69 Å². The topological polar surface area (TPSA) is 98.7 Å². The molecule has 1 aliphatic heterocycles. The van der Waals surface area contributed by atoms with E-state index in [-0.39, 0.29) is 36.0 Å². The lowest BCUT2D eigenvalue weighted by molar-refractivity contribution is -0.120. The van der Waals surface area contributed by atoms with Gasteiger partial charge in [0.25, 0.3) is 5.91 Å². The van der Waals surface area contributed by atoms with Gasteiger partial charge < -0.3 is 19.9 Å². The van der Waals surface area contributed by atoms with Crippen molar-refractivity contribution in [1.29, 1.82) is 0 Å². The van der Waals surface area contributed by atoms with Crippen LogP contribution in [0.5, 0.6) is 5.75 Å². The first kappa shape index (κ1) is 20.2. The van der Waals surface area contributed by atoms with Crippen molar-refractivity contribution < 1.29 is 18.8 Å². The van der Waals surface area contributed by atoms with Crippen molar-refractivity contribution in [2.45, 2.75) is 38.7 Å². The molecule has 2 N–H and O–H groups in total. The predicted molar refractivity (Wildman–Crippen MR) is 104 cm³/mol. The number of aromatic nitrogens is 1. The summed E-state index contributed by atoms with van der Waals surface area (Å²) in [4.78, 5) is 26.0. The molecule has 1 aromatic heterocycles. The highest BCUT2D eigenvalue weighted by atomic mass is 35.5. The first-order valence-corrected chi connectivity index (χ1v) is 9.67. The zero-order valence-corrected chi connectivity index (χ0v) is 16.7. The molecule has 8 heteroatoms. The molecule has 0 spiro atoms. The minimum absolute atomic E-state index is 0.128. The summed E-state index contributed by atoms with van der Waals surface area (Å²) in [6.45, 7) is 4.79. The van der Waals surface area contributed by atoms with E-state index in [1.807, 2.05) is 19.9 Å². The van der Waals surface area contributed by atoms with Crippen LogP contribution in [-0.4, -0.2) is 41.1 Å². The normalized spacial score (nSPS) is 19.6. The summed E-state index contributed by atoms with van der Waals surface area (Å²) in [7, 11) is 0. The van der Waals surface area contributed by atoms with E-state index in [1.165, 1.54) is 0 Å². The Morgan fingerprint density at radius 3 is 2.82 bits per heavy atom. The number of likely N-dealkylation sites (tertiary alicyclic amines) is 1. The molecule has 2 amide bonds. The van der Waals surface area contributed by atoms with Crippen molar-refractivity contribution >= 4 is 23.4 Å². The van der Waals surface area contributed by atoms with Crippen LogP contribution in [0.1, 0.15) is 48.9 Å². The molecule has 7 nitrogen and oxygen atoms in total. The van der Waals surface area contributed by atoms with Crippen molar-refractivity contribution in [3.8, 4) is 5.75 Å². The Kier molecular flexibility index (Phi) is 6.24. The van der Waals surface area contributed by atoms with Crippen LogP contribution in [-0.2, 0) is 4.79 Å². The molecule has 0 unspecified atom stereocenters. The van der Waals surface area contributed by atoms with Crippen molar-refractivity contribution in [2.24, 2.45) is 11.7 Å². The summed E-state index contributed by atoms with van der Waals surface area (Å²) >= 11 is 6.02. The maximum Gasteiger partial charge on any atom is 0.292 e. The van der Waals surface area contributed by atoms with Crippen LogP contribution >= 0.6 is 11.6 Å². The summed E-state index contributed by atoms with van der Waals surface area (Å²) in [5.74, 6) is 0.113. The summed E-state index contributed by atoms with van der Waals surface area (Å²) in [5.41, 5.74) is 6.16. The molecule has 28 heavy (non-hydrogen) atoms. The molecule has 1 aliphatic rings. The van der Waals surface area contributed by atoms with Crippen molar-refractivity contribution in [2.75, 3.05) is 13.1 Å². The average Bonchev–Trinajstić information content (AvgIpc) is 3.12. The molecule has 3 rings (SSSR count). The third-order valence-corrected chi connectivity index (χ3v) is 5.06. The van der Waals surface area contributed by atoms with Gasteiger partial charge in [-0.05, 0) is 24.1 Å². The number of hydrogen-bond acceptors (Lipinski definition) is 5. The van der Waals surface area contributed by atoms with Crippen molar-refractivity contribution in [1.82, 2.24) is 10.1 Å². The number of nitrogens with two attached hydrogens (primary N) is 1. The molecule has 1 aromatic carbocycles. The molecule has 0 radical (unpaired) electrons. The minimum Gasteiger partial charge on any atom is -0.490 e. The lowest BCUT2D eigenvalue weighted by Crippen LogP contribution is -2.49. The van der Waals surface area contributed by atoms with Gasteiger partial charge in [-0.1, -0.05) is 36.7 Å². The Morgan fingerprint density at radius 2 is 2.18 bits per heavy atom. The van der Waals surface area contributed by atoms with Crippen LogP contribution < -0.4 is 10.5 Å². The molecule has 0 saturated carbocycles. The number of halogens is 1. The standard InChI is InChI=1S/C20H24ClN3O4/c1-12(2)16-10-18(28-23-16)20(26)24-7-6-17(13(11-24)8-19(22)25)27-15-5-3-4-14(21)9-15/h3-5,9-10,12-13,17H,6-8,11H2,1-2H3,(H2,22,25)/t13-,17-/m0/s1. The number of amides is 2. The van der Waals surface area contributed by atoms with Gasteiger partial charge in [0.05, 0.1) is 5.69 Å². The fourth-order valence-corrected chi connectivity index (χ4v) is 3.52.